The fourth-order valence-corrected chi connectivity index (χ4v) is 5.50. The number of rotatable bonds is 7. The second-order valence-electron chi connectivity index (χ2n) is 7.49. The third kappa shape index (κ3) is 3.56. The van der Waals surface area contributed by atoms with Crippen LogP contribution in [0.5, 0.6) is 0 Å². The monoisotopic (exact) mass is 422 g/mol. The van der Waals surface area contributed by atoms with Crippen LogP contribution in [0.25, 0.3) is 0 Å². The van der Waals surface area contributed by atoms with Gasteiger partial charge in [0.2, 0.25) is 17.7 Å². The number of fused-ring (bicyclic) bond motifs is 5. The highest BCUT2D eigenvalue weighted by Crippen LogP contribution is 2.48. The van der Waals surface area contributed by atoms with Crippen LogP contribution in [-0.2, 0) is 33.7 Å². The fraction of sp³-hybridized carbons (Fsp3) is 0.526. The molecule has 3 amide bonds. The van der Waals surface area contributed by atoms with E-state index in [9.17, 15) is 22.8 Å². The number of amides is 3. The van der Waals surface area contributed by atoms with Crippen LogP contribution in [0.15, 0.2) is 29.2 Å². The molecule has 3 heterocycles. The first-order valence-corrected chi connectivity index (χ1v) is 11.1. The molecule has 3 aliphatic rings. The zero-order chi connectivity index (χ0) is 20.8. The highest BCUT2D eigenvalue weighted by Gasteiger charge is 2.62. The third-order valence-corrected chi connectivity index (χ3v) is 7.43. The molecule has 29 heavy (non-hydrogen) atoms. The quantitative estimate of drug-likeness (QED) is 0.624. The zero-order valence-corrected chi connectivity index (χ0v) is 16.7. The Labute approximate surface area is 168 Å². The lowest BCUT2D eigenvalue weighted by Gasteiger charge is -2.17. The van der Waals surface area contributed by atoms with E-state index in [1.807, 2.05) is 0 Å². The van der Waals surface area contributed by atoms with Gasteiger partial charge < -0.3 is 14.8 Å². The number of ether oxygens (including phenoxy) is 2. The molecule has 1 N–H and O–H groups in total. The first kappa shape index (κ1) is 20.0. The van der Waals surface area contributed by atoms with Crippen LogP contribution >= 0.6 is 0 Å². The molecule has 10 heteroatoms. The number of benzene rings is 1. The average molecular weight is 422 g/mol. The van der Waals surface area contributed by atoms with E-state index in [0.29, 0.717) is 5.69 Å². The summed E-state index contributed by atoms with van der Waals surface area (Å²) < 4.78 is 34.7. The van der Waals surface area contributed by atoms with E-state index in [0.717, 1.165) is 17.7 Å². The zero-order valence-electron chi connectivity index (χ0n) is 15.9. The van der Waals surface area contributed by atoms with Gasteiger partial charge in [0, 0.05) is 12.8 Å². The minimum atomic E-state index is -3.46. The van der Waals surface area contributed by atoms with Gasteiger partial charge in [-0.2, -0.15) is 0 Å². The predicted octanol–water partition coefficient (Wildman–Crippen LogP) is 0.208. The molecule has 1 aromatic carbocycles. The number of methoxy groups -OCH3 is 1. The maximum absolute atomic E-state index is 12.6. The summed E-state index contributed by atoms with van der Waals surface area (Å²) in [6.07, 6.45) is 1.10. The molecule has 4 rings (SSSR count). The standard InChI is InChI=1S/C19H22N2O7S/c1-27-8-9-29(25,26)12-4-2-11(3-5-12)20-15(22)10-21-18(23)16-13-6-7-14(28-13)17(16)19(21)24/h2-5,13-14,16-17H,6-10H2,1H3,(H,20,22). The molecule has 4 atom stereocenters. The summed E-state index contributed by atoms with van der Waals surface area (Å²) in [5.74, 6) is -2.28. The number of hydrogen-bond donors (Lipinski definition) is 1. The molecule has 0 spiro atoms. The predicted molar refractivity (Wildman–Crippen MR) is 101 cm³/mol. The molecule has 3 fully saturated rings. The summed E-state index contributed by atoms with van der Waals surface area (Å²) >= 11 is 0. The Kier molecular flexibility index (Phi) is 5.18. The van der Waals surface area contributed by atoms with E-state index in [1.165, 1.54) is 31.4 Å². The summed E-state index contributed by atoms with van der Waals surface area (Å²) in [6.45, 7) is -0.272. The summed E-state index contributed by atoms with van der Waals surface area (Å²) in [4.78, 5) is 38.7. The van der Waals surface area contributed by atoms with Crippen LogP contribution in [0, 0.1) is 11.8 Å². The molecular weight excluding hydrogens is 400 g/mol. The minimum Gasteiger partial charge on any atom is -0.384 e. The Hall–Kier alpha value is -2.30. The first-order valence-electron chi connectivity index (χ1n) is 9.44. The molecule has 4 unspecified atom stereocenters. The second-order valence-corrected chi connectivity index (χ2v) is 9.60. The van der Waals surface area contributed by atoms with Gasteiger partial charge in [-0.3, -0.25) is 19.3 Å². The van der Waals surface area contributed by atoms with Crippen LogP contribution < -0.4 is 5.32 Å². The largest absolute Gasteiger partial charge is 0.384 e. The molecule has 1 aromatic rings. The number of carbonyl (C=O) groups is 3. The van der Waals surface area contributed by atoms with Gasteiger partial charge in [0.25, 0.3) is 0 Å². The van der Waals surface area contributed by atoms with Crippen molar-refractivity contribution in [2.45, 2.75) is 29.9 Å². The van der Waals surface area contributed by atoms with E-state index in [1.54, 1.807) is 0 Å². The summed E-state index contributed by atoms with van der Waals surface area (Å²) in [6, 6.07) is 5.72. The lowest BCUT2D eigenvalue weighted by Crippen LogP contribution is -2.40. The lowest BCUT2D eigenvalue weighted by atomic mass is 9.81. The minimum absolute atomic E-state index is 0.0907. The number of likely N-dealkylation sites (tertiary alicyclic amines) is 1. The number of nitrogens with one attached hydrogen (secondary N) is 1. The highest BCUT2D eigenvalue weighted by atomic mass is 32.2. The van der Waals surface area contributed by atoms with Gasteiger partial charge in [-0.15, -0.1) is 0 Å². The summed E-state index contributed by atoms with van der Waals surface area (Å²) in [7, 11) is -2.04. The number of nitrogens with zero attached hydrogens (tertiary/aromatic N) is 1. The van der Waals surface area contributed by atoms with Crippen LogP contribution in [0.3, 0.4) is 0 Å². The maximum atomic E-state index is 12.6. The average Bonchev–Trinajstić information content (AvgIpc) is 3.37. The van der Waals surface area contributed by atoms with E-state index in [4.69, 9.17) is 9.47 Å². The fourth-order valence-electron chi connectivity index (χ4n) is 4.33. The normalized spacial score (nSPS) is 28.1. The molecule has 156 valence electrons. The summed E-state index contributed by atoms with van der Waals surface area (Å²) in [5.41, 5.74) is 0.378. The Morgan fingerprint density at radius 1 is 1.14 bits per heavy atom. The Morgan fingerprint density at radius 3 is 2.28 bits per heavy atom. The number of hydrogen-bond acceptors (Lipinski definition) is 7. The Morgan fingerprint density at radius 2 is 1.72 bits per heavy atom. The first-order chi connectivity index (χ1) is 13.8. The Balaban J connectivity index is 1.38. The van der Waals surface area contributed by atoms with Crippen molar-refractivity contribution in [2.24, 2.45) is 11.8 Å². The van der Waals surface area contributed by atoms with Gasteiger partial charge in [-0.1, -0.05) is 0 Å². The van der Waals surface area contributed by atoms with Gasteiger partial charge in [-0.05, 0) is 37.1 Å². The molecule has 3 aliphatic heterocycles. The smallest absolute Gasteiger partial charge is 0.244 e. The van der Waals surface area contributed by atoms with Crippen LogP contribution in [0.1, 0.15) is 12.8 Å². The molecule has 9 nitrogen and oxygen atoms in total. The van der Waals surface area contributed by atoms with Crippen LogP contribution in [0.4, 0.5) is 5.69 Å². The van der Waals surface area contributed by atoms with Crippen molar-refractivity contribution in [1.29, 1.82) is 0 Å². The highest BCUT2D eigenvalue weighted by molar-refractivity contribution is 7.91. The topological polar surface area (TPSA) is 119 Å². The van der Waals surface area contributed by atoms with Gasteiger partial charge in [-0.25, -0.2) is 8.42 Å². The molecule has 2 bridgehead atoms. The van der Waals surface area contributed by atoms with Crippen molar-refractivity contribution >= 4 is 33.2 Å². The molecule has 0 radical (unpaired) electrons. The van der Waals surface area contributed by atoms with Crippen LogP contribution in [0.2, 0.25) is 0 Å². The van der Waals surface area contributed by atoms with Crippen molar-refractivity contribution in [3.05, 3.63) is 24.3 Å². The maximum Gasteiger partial charge on any atom is 0.244 e. The van der Waals surface area contributed by atoms with Gasteiger partial charge >= 0.3 is 0 Å². The molecule has 0 aromatic heterocycles. The number of carbonyl (C=O) groups excluding carboxylic acids is 3. The van der Waals surface area contributed by atoms with Crippen molar-refractivity contribution in [3.8, 4) is 0 Å². The van der Waals surface area contributed by atoms with Gasteiger partial charge in [0.1, 0.15) is 6.54 Å². The second kappa shape index (κ2) is 7.51. The lowest BCUT2D eigenvalue weighted by molar-refractivity contribution is -0.145. The van der Waals surface area contributed by atoms with E-state index in [2.05, 4.69) is 5.32 Å². The van der Waals surface area contributed by atoms with E-state index >= 15 is 0 Å². The van der Waals surface area contributed by atoms with Crippen molar-refractivity contribution in [2.75, 3.05) is 31.3 Å². The van der Waals surface area contributed by atoms with E-state index in [-0.39, 0.29) is 47.8 Å². The van der Waals surface area contributed by atoms with Crippen LogP contribution in [-0.4, -0.2) is 69.3 Å². The Bertz CT molecular complexity index is 916. The number of imide groups is 1. The molecule has 3 saturated heterocycles. The molecular formula is C19H22N2O7S. The number of sulfone groups is 1. The summed E-state index contributed by atoms with van der Waals surface area (Å²) in [5, 5.41) is 2.60. The van der Waals surface area contributed by atoms with Gasteiger partial charge in [0.15, 0.2) is 9.84 Å². The van der Waals surface area contributed by atoms with Crippen molar-refractivity contribution in [1.82, 2.24) is 4.90 Å². The van der Waals surface area contributed by atoms with Gasteiger partial charge in [0.05, 0.1) is 41.3 Å². The van der Waals surface area contributed by atoms with E-state index < -0.39 is 27.6 Å². The molecule has 0 aliphatic carbocycles. The van der Waals surface area contributed by atoms with Crippen molar-refractivity contribution < 1.29 is 32.3 Å². The third-order valence-electron chi connectivity index (χ3n) is 5.73. The van der Waals surface area contributed by atoms with Crippen molar-refractivity contribution in [3.63, 3.8) is 0 Å². The molecule has 0 saturated carbocycles. The number of anilines is 1. The SMILES string of the molecule is COCCS(=O)(=O)c1ccc(NC(=O)CN2C(=O)C3C4CCC(O4)C3C2=O)cc1.